The first-order valence-electron chi connectivity index (χ1n) is 22.0. The van der Waals surface area contributed by atoms with Crippen LogP contribution in [0.3, 0.4) is 0 Å². The molecule has 0 aliphatic heterocycles. The van der Waals surface area contributed by atoms with Crippen molar-refractivity contribution in [1.29, 1.82) is 0 Å². The Morgan fingerprint density at radius 3 is 0.909 bits per heavy atom. The molecule has 0 amide bonds. The quantitative estimate of drug-likeness (QED) is 0.0461. The van der Waals surface area contributed by atoms with Crippen LogP contribution < -0.4 is 13.6 Å². The first kappa shape index (κ1) is 46.3. The average molecular weight is 779 g/mol. The number of phenolic OH excluding ortho intramolecular Hbond substituents is 3. The largest absolute Gasteiger partial charge is 0.530 e. The third kappa shape index (κ3) is 18.6. The Balaban J connectivity index is 1.82. The highest BCUT2D eigenvalue weighted by molar-refractivity contribution is 7.43. The minimum atomic E-state index is -2.11. The van der Waals surface area contributed by atoms with Crippen LogP contribution in [0, 0.1) is 0 Å². The standard InChI is InChI=1S/C48H75O6P/c1-7-10-13-16-19-22-25-37(4)40-28-43(49)34-46(31-40)52-55(53-47-32-41(29-44(50)35-47)38(5)26-23-20-17-14-11-8-2)54-48-33-42(30-45(51)36-48)39(6)27-24-21-18-15-12-9-3/h28-39,49-51H,7-27H2,1-6H3/t37-,38-,39-/m1/s1. The van der Waals surface area contributed by atoms with Crippen LogP contribution >= 0.6 is 8.60 Å². The molecule has 7 heteroatoms. The summed E-state index contributed by atoms with van der Waals surface area (Å²) in [6, 6.07) is 16.1. The Kier molecular flexibility index (Phi) is 22.5. The predicted molar refractivity (Wildman–Crippen MR) is 232 cm³/mol. The molecule has 0 aliphatic carbocycles. The molecule has 0 bridgehead atoms. The topological polar surface area (TPSA) is 88.4 Å². The number of phenols is 3. The molecule has 3 aromatic carbocycles. The van der Waals surface area contributed by atoms with Crippen LogP contribution in [-0.4, -0.2) is 15.3 Å². The third-order valence-corrected chi connectivity index (χ3v) is 12.0. The minimum Gasteiger partial charge on any atom is -0.508 e. The Hall–Kier alpha value is -3.11. The van der Waals surface area contributed by atoms with Crippen molar-refractivity contribution in [3.05, 3.63) is 71.3 Å². The molecule has 3 N–H and O–H groups in total. The van der Waals surface area contributed by atoms with E-state index in [1.807, 2.05) is 36.4 Å². The molecule has 0 spiro atoms. The lowest BCUT2D eigenvalue weighted by Gasteiger charge is -2.21. The monoisotopic (exact) mass is 779 g/mol. The number of benzene rings is 3. The van der Waals surface area contributed by atoms with E-state index in [0.717, 1.165) is 55.2 Å². The highest BCUT2D eigenvalue weighted by atomic mass is 31.2. The zero-order chi connectivity index (χ0) is 39.8. The van der Waals surface area contributed by atoms with Crippen molar-refractivity contribution < 1.29 is 28.9 Å². The first-order valence-corrected chi connectivity index (χ1v) is 23.1. The lowest BCUT2D eigenvalue weighted by molar-refractivity contribution is 0.382. The summed E-state index contributed by atoms with van der Waals surface area (Å²) in [4.78, 5) is 0. The molecular weight excluding hydrogens is 703 g/mol. The molecule has 0 saturated heterocycles. The van der Waals surface area contributed by atoms with E-state index in [2.05, 4.69) is 41.5 Å². The van der Waals surface area contributed by atoms with Crippen LogP contribution in [0.5, 0.6) is 34.5 Å². The molecule has 3 aromatic rings. The van der Waals surface area contributed by atoms with Gasteiger partial charge in [-0.25, -0.2) is 0 Å². The smallest absolute Gasteiger partial charge is 0.508 e. The molecule has 0 aliphatic rings. The van der Waals surface area contributed by atoms with Gasteiger partial charge in [-0.15, -0.1) is 0 Å². The van der Waals surface area contributed by atoms with E-state index in [-0.39, 0.29) is 35.0 Å². The summed E-state index contributed by atoms with van der Waals surface area (Å²) in [6.45, 7) is 13.3. The van der Waals surface area contributed by atoms with Crippen molar-refractivity contribution in [3.8, 4) is 34.5 Å². The van der Waals surface area contributed by atoms with Crippen LogP contribution in [0.25, 0.3) is 0 Å². The van der Waals surface area contributed by atoms with Gasteiger partial charge in [0.2, 0.25) is 0 Å². The van der Waals surface area contributed by atoms with Crippen molar-refractivity contribution >= 4 is 8.60 Å². The molecule has 0 radical (unpaired) electrons. The SMILES string of the molecule is CCCCCCCC[C@@H](C)c1cc(O)cc(OP(Oc2cc(O)cc([C@H](C)CCCCCCCC)c2)Oc2cc(O)cc([C@H](C)CCCCCCCC)c2)c1. The van der Waals surface area contributed by atoms with E-state index < -0.39 is 8.60 Å². The number of hydrogen-bond donors (Lipinski definition) is 3. The van der Waals surface area contributed by atoms with Crippen LogP contribution in [0.15, 0.2) is 54.6 Å². The summed E-state index contributed by atoms with van der Waals surface area (Å²) in [7, 11) is -2.11. The van der Waals surface area contributed by atoms with Gasteiger partial charge in [-0.2, -0.15) is 0 Å². The lowest BCUT2D eigenvalue weighted by Crippen LogP contribution is -2.04. The Labute approximate surface area is 336 Å². The van der Waals surface area contributed by atoms with Gasteiger partial charge in [0, 0.05) is 18.2 Å². The highest BCUT2D eigenvalue weighted by Gasteiger charge is 2.24. The normalized spacial score (nSPS) is 13.1. The minimum absolute atomic E-state index is 0.128. The zero-order valence-corrected chi connectivity index (χ0v) is 36.2. The molecular formula is C48H75O6P. The fourth-order valence-corrected chi connectivity index (χ4v) is 8.28. The molecule has 0 heterocycles. The molecule has 3 rings (SSSR count). The van der Waals surface area contributed by atoms with Gasteiger partial charge in [-0.3, -0.25) is 0 Å². The highest BCUT2D eigenvalue weighted by Crippen LogP contribution is 2.46. The van der Waals surface area contributed by atoms with Crippen molar-refractivity contribution in [1.82, 2.24) is 0 Å². The van der Waals surface area contributed by atoms with Gasteiger partial charge in [-0.05, 0) is 90.1 Å². The summed E-state index contributed by atoms with van der Waals surface area (Å²) in [5.74, 6) is 2.47. The van der Waals surface area contributed by atoms with E-state index >= 15 is 0 Å². The second-order valence-electron chi connectivity index (χ2n) is 16.2. The summed E-state index contributed by atoms with van der Waals surface area (Å²) >= 11 is 0. The van der Waals surface area contributed by atoms with Crippen LogP contribution in [0.1, 0.15) is 211 Å². The van der Waals surface area contributed by atoms with Crippen molar-refractivity contribution in [3.63, 3.8) is 0 Å². The van der Waals surface area contributed by atoms with Gasteiger partial charge in [0.15, 0.2) is 0 Å². The molecule has 0 fully saturated rings. The molecule has 0 aromatic heterocycles. The second kappa shape index (κ2) is 26.7. The Morgan fingerprint density at radius 1 is 0.382 bits per heavy atom. The molecule has 308 valence electrons. The van der Waals surface area contributed by atoms with Gasteiger partial charge in [-0.1, -0.05) is 157 Å². The van der Waals surface area contributed by atoms with Crippen LogP contribution in [-0.2, 0) is 0 Å². The van der Waals surface area contributed by atoms with Gasteiger partial charge < -0.3 is 28.9 Å². The number of rotatable bonds is 30. The maximum atomic E-state index is 10.8. The van der Waals surface area contributed by atoms with Crippen LogP contribution in [0.2, 0.25) is 0 Å². The summed E-state index contributed by atoms with van der Waals surface area (Å²) < 4.78 is 19.4. The fourth-order valence-electron chi connectivity index (χ4n) is 7.34. The number of unbranched alkanes of at least 4 members (excludes halogenated alkanes) is 15. The third-order valence-electron chi connectivity index (χ3n) is 11.0. The number of hydrogen-bond acceptors (Lipinski definition) is 6. The van der Waals surface area contributed by atoms with Crippen molar-refractivity contribution in [2.45, 2.75) is 194 Å². The van der Waals surface area contributed by atoms with E-state index in [4.69, 9.17) is 13.6 Å². The predicted octanol–water partition coefficient (Wildman–Crippen LogP) is 16.1. The zero-order valence-electron chi connectivity index (χ0n) is 35.3. The maximum absolute atomic E-state index is 10.8. The van der Waals surface area contributed by atoms with Crippen LogP contribution in [0.4, 0.5) is 0 Å². The van der Waals surface area contributed by atoms with Gasteiger partial charge >= 0.3 is 8.60 Å². The average Bonchev–Trinajstić information content (AvgIpc) is 3.14. The summed E-state index contributed by atoms with van der Waals surface area (Å²) in [5, 5.41) is 32.4. The fraction of sp³-hybridized carbons (Fsp3) is 0.625. The Bertz CT molecular complexity index is 1300. The Morgan fingerprint density at radius 2 is 0.636 bits per heavy atom. The van der Waals surface area contributed by atoms with E-state index in [1.165, 1.54) is 96.3 Å². The van der Waals surface area contributed by atoms with Crippen molar-refractivity contribution in [2.24, 2.45) is 0 Å². The maximum Gasteiger partial charge on any atom is 0.530 e. The van der Waals surface area contributed by atoms with E-state index in [9.17, 15) is 15.3 Å². The molecule has 0 saturated carbocycles. The number of aromatic hydroxyl groups is 3. The summed E-state index contributed by atoms with van der Waals surface area (Å²) in [5.41, 5.74) is 3.01. The molecule has 55 heavy (non-hydrogen) atoms. The molecule has 0 unspecified atom stereocenters. The van der Waals surface area contributed by atoms with Gasteiger partial charge in [0.05, 0.1) is 0 Å². The molecule has 3 atom stereocenters. The second-order valence-corrected chi connectivity index (χ2v) is 17.1. The van der Waals surface area contributed by atoms with Gasteiger partial charge in [0.25, 0.3) is 0 Å². The summed E-state index contributed by atoms with van der Waals surface area (Å²) in [6.07, 6.45) is 25.4. The van der Waals surface area contributed by atoms with Crippen molar-refractivity contribution in [2.75, 3.05) is 0 Å². The van der Waals surface area contributed by atoms with E-state index in [0.29, 0.717) is 17.2 Å². The molecule has 6 nitrogen and oxygen atoms in total. The lowest BCUT2D eigenvalue weighted by atomic mass is 9.94. The first-order chi connectivity index (χ1) is 26.6. The van der Waals surface area contributed by atoms with Gasteiger partial charge in [0.1, 0.15) is 34.5 Å². The van der Waals surface area contributed by atoms with E-state index in [1.54, 1.807) is 18.2 Å².